The predicted octanol–water partition coefficient (Wildman–Crippen LogP) is 2.92. The summed E-state index contributed by atoms with van der Waals surface area (Å²) in [6, 6.07) is 7.23. The third-order valence-electron chi connectivity index (χ3n) is 3.43. The Morgan fingerprint density at radius 2 is 2.08 bits per heavy atom. The highest BCUT2D eigenvalue weighted by molar-refractivity contribution is 5.95. The molecule has 24 heavy (non-hydrogen) atoms. The molecule has 0 aliphatic heterocycles. The van der Waals surface area contributed by atoms with Gasteiger partial charge in [0.2, 0.25) is 11.7 Å². The van der Waals surface area contributed by atoms with Gasteiger partial charge >= 0.3 is 0 Å². The first-order valence-corrected chi connectivity index (χ1v) is 8.11. The number of aliphatic hydroxyl groups excluding tert-OH is 1. The van der Waals surface area contributed by atoms with Crippen molar-refractivity contribution in [2.24, 2.45) is 5.41 Å². The average Bonchev–Trinajstić information content (AvgIpc) is 2.96. The fraction of sp³-hybridized carbons (Fsp3) is 0.500. The van der Waals surface area contributed by atoms with Gasteiger partial charge in [0.1, 0.15) is 0 Å². The molecular weight excluding hydrogens is 306 g/mol. The molecule has 0 spiro atoms. The topological polar surface area (TPSA) is 79.5 Å². The van der Waals surface area contributed by atoms with Gasteiger partial charge < -0.3 is 14.5 Å². The maximum absolute atomic E-state index is 12.9. The Balaban J connectivity index is 2.25. The number of amides is 1. The van der Waals surface area contributed by atoms with Crippen LogP contribution < -0.4 is 0 Å². The maximum Gasteiger partial charge on any atom is 0.253 e. The summed E-state index contributed by atoms with van der Waals surface area (Å²) in [4.78, 5) is 18.9. The van der Waals surface area contributed by atoms with E-state index < -0.39 is 0 Å². The molecule has 0 unspecified atom stereocenters. The van der Waals surface area contributed by atoms with Crippen LogP contribution in [0.4, 0.5) is 0 Å². The van der Waals surface area contributed by atoms with Crippen molar-refractivity contribution in [3.63, 3.8) is 0 Å². The Kier molecular flexibility index (Phi) is 5.72. The summed E-state index contributed by atoms with van der Waals surface area (Å²) in [6.07, 6.45) is 0.561. The van der Waals surface area contributed by atoms with Crippen LogP contribution in [0.2, 0.25) is 0 Å². The van der Waals surface area contributed by atoms with Crippen LogP contribution in [0.3, 0.4) is 0 Å². The summed E-state index contributed by atoms with van der Waals surface area (Å²) in [5, 5.41) is 13.0. The Morgan fingerprint density at radius 1 is 1.33 bits per heavy atom. The lowest BCUT2D eigenvalue weighted by Crippen LogP contribution is -2.38. The number of aliphatic hydroxyl groups is 1. The van der Waals surface area contributed by atoms with E-state index in [1.165, 1.54) is 0 Å². The van der Waals surface area contributed by atoms with Crippen LogP contribution in [0, 0.1) is 12.3 Å². The first kappa shape index (κ1) is 18.1. The highest BCUT2D eigenvalue weighted by Gasteiger charge is 2.22. The van der Waals surface area contributed by atoms with E-state index in [0.717, 1.165) is 5.56 Å². The van der Waals surface area contributed by atoms with Gasteiger partial charge in [-0.15, -0.1) is 0 Å². The first-order valence-electron chi connectivity index (χ1n) is 8.11. The first-order chi connectivity index (χ1) is 11.3. The molecule has 1 heterocycles. The molecular formula is C18H25N3O3. The zero-order chi connectivity index (χ0) is 17.7. The molecule has 0 aliphatic rings. The fourth-order valence-electron chi connectivity index (χ4n) is 2.48. The molecule has 0 atom stereocenters. The number of nitrogens with zero attached hydrogens (tertiary/aromatic N) is 3. The van der Waals surface area contributed by atoms with Gasteiger partial charge in [0.25, 0.3) is 5.91 Å². The second-order valence-corrected chi connectivity index (χ2v) is 7.08. The Hall–Kier alpha value is -2.21. The summed E-state index contributed by atoms with van der Waals surface area (Å²) >= 11 is 0. The molecule has 0 saturated heterocycles. The van der Waals surface area contributed by atoms with Crippen molar-refractivity contribution in [3.8, 4) is 11.4 Å². The second kappa shape index (κ2) is 7.57. The molecule has 2 rings (SSSR count). The minimum absolute atomic E-state index is 0.0203. The Morgan fingerprint density at radius 3 is 2.67 bits per heavy atom. The highest BCUT2D eigenvalue weighted by atomic mass is 16.5. The molecule has 1 amide bonds. The Labute approximate surface area is 142 Å². The van der Waals surface area contributed by atoms with Crippen LogP contribution in [0.25, 0.3) is 11.4 Å². The SMILES string of the molecule is Cc1nc(-c2cccc(C(=O)N(CCCO)CC(C)(C)C)c2)no1. The van der Waals surface area contributed by atoms with Crippen molar-refractivity contribution in [3.05, 3.63) is 35.7 Å². The number of aryl methyl sites for hydroxylation is 1. The molecule has 0 bridgehead atoms. The summed E-state index contributed by atoms with van der Waals surface area (Å²) in [6.45, 7) is 9.21. The van der Waals surface area contributed by atoms with E-state index in [2.05, 4.69) is 30.9 Å². The molecule has 1 aromatic carbocycles. The lowest BCUT2D eigenvalue weighted by atomic mass is 9.95. The number of hydrogen-bond donors (Lipinski definition) is 1. The van der Waals surface area contributed by atoms with Gasteiger partial charge in [0, 0.05) is 37.7 Å². The molecule has 2 aromatic rings. The number of carbonyl (C=O) groups excluding carboxylic acids is 1. The third-order valence-corrected chi connectivity index (χ3v) is 3.43. The quantitative estimate of drug-likeness (QED) is 0.880. The average molecular weight is 331 g/mol. The van der Waals surface area contributed by atoms with Gasteiger partial charge in [-0.25, -0.2) is 0 Å². The molecule has 6 heteroatoms. The van der Waals surface area contributed by atoms with Crippen molar-refractivity contribution < 1.29 is 14.4 Å². The number of aromatic nitrogens is 2. The summed E-state index contributed by atoms with van der Waals surface area (Å²) in [7, 11) is 0. The van der Waals surface area contributed by atoms with Gasteiger partial charge in [-0.1, -0.05) is 38.1 Å². The lowest BCUT2D eigenvalue weighted by Gasteiger charge is -2.30. The van der Waals surface area contributed by atoms with E-state index >= 15 is 0 Å². The predicted molar refractivity (Wildman–Crippen MR) is 91.5 cm³/mol. The molecule has 0 saturated carbocycles. The smallest absolute Gasteiger partial charge is 0.253 e. The van der Waals surface area contributed by atoms with Crippen LogP contribution in [0.15, 0.2) is 28.8 Å². The van der Waals surface area contributed by atoms with Gasteiger partial charge in [0.15, 0.2) is 0 Å². The van der Waals surface area contributed by atoms with E-state index in [1.54, 1.807) is 24.0 Å². The number of rotatable bonds is 6. The van der Waals surface area contributed by atoms with Crippen molar-refractivity contribution in [2.45, 2.75) is 34.1 Å². The van der Waals surface area contributed by atoms with Gasteiger partial charge in [0.05, 0.1) is 0 Å². The van der Waals surface area contributed by atoms with E-state index in [9.17, 15) is 4.79 Å². The van der Waals surface area contributed by atoms with E-state index in [-0.39, 0.29) is 17.9 Å². The standard InChI is InChI=1S/C18H25N3O3/c1-13-19-16(20-24-13)14-7-5-8-15(11-14)17(23)21(9-6-10-22)12-18(2,3)4/h5,7-8,11,22H,6,9-10,12H2,1-4H3. The van der Waals surface area contributed by atoms with Gasteiger partial charge in [-0.3, -0.25) is 4.79 Å². The van der Waals surface area contributed by atoms with Crippen LogP contribution in [0.1, 0.15) is 43.4 Å². The minimum atomic E-state index is -0.0551. The summed E-state index contributed by atoms with van der Waals surface area (Å²) in [5.74, 6) is 0.902. The molecule has 1 N–H and O–H groups in total. The van der Waals surface area contributed by atoms with Crippen LogP contribution in [0.5, 0.6) is 0 Å². The molecule has 0 fully saturated rings. The number of hydrogen-bond acceptors (Lipinski definition) is 5. The van der Waals surface area contributed by atoms with Crippen molar-refractivity contribution in [1.29, 1.82) is 0 Å². The van der Waals surface area contributed by atoms with Crippen molar-refractivity contribution in [1.82, 2.24) is 15.0 Å². The second-order valence-electron chi connectivity index (χ2n) is 7.08. The van der Waals surface area contributed by atoms with Crippen LogP contribution >= 0.6 is 0 Å². The van der Waals surface area contributed by atoms with Crippen LogP contribution in [-0.2, 0) is 0 Å². The number of benzene rings is 1. The molecule has 130 valence electrons. The van der Waals surface area contributed by atoms with E-state index in [1.807, 2.05) is 12.1 Å². The largest absolute Gasteiger partial charge is 0.396 e. The monoisotopic (exact) mass is 331 g/mol. The normalized spacial score (nSPS) is 11.5. The third kappa shape index (κ3) is 4.89. The molecule has 0 radical (unpaired) electrons. The lowest BCUT2D eigenvalue weighted by molar-refractivity contribution is 0.0682. The summed E-state index contributed by atoms with van der Waals surface area (Å²) < 4.78 is 5.00. The van der Waals surface area contributed by atoms with Crippen molar-refractivity contribution >= 4 is 5.91 Å². The molecule has 6 nitrogen and oxygen atoms in total. The molecule has 1 aromatic heterocycles. The summed E-state index contributed by atoms with van der Waals surface area (Å²) in [5.41, 5.74) is 1.31. The van der Waals surface area contributed by atoms with E-state index in [4.69, 9.17) is 9.63 Å². The molecule has 0 aliphatic carbocycles. The number of carbonyl (C=O) groups is 1. The van der Waals surface area contributed by atoms with Crippen LogP contribution in [-0.4, -0.2) is 45.8 Å². The minimum Gasteiger partial charge on any atom is -0.396 e. The van der Waals surface area contributed by atoms with Crippen molar-refractivity contribution in [2.75, 3.05) is 19.7 Å². The zero-order valence-electron chi connectivity index (χ0n) is 14.7. The maximum atomic E-state index is 12.9. The fourth-order valence-corrected chi connectivity index (χ4v) is 2.48. The Bertz CT molecular complexity index is 689. The zero-order valence-corrected chi connectivity index (χ0v) is 14.7. The highest BCUT2D eigenvalue weighted by Crippen LogP contribution is 2.21. The van der Waals surface area contributed by atoms with E-state index in [0.29, 0.717) is 36.8 Å². The van der Waals surface area contributed by atoms with Gasteiger partial charge in [-0.2, -0.15) is 4.98 Å². The van der Waals surface area contributed by atoms with Gasteiger partial charge in [-0.05, 0) is 24.0 Å².